The Kier molecular flexibility index (Phi) is 5.85. The molecule has 8 heteroatoms. The smallest absolute Gasteiger partial charge is 0.247 e. The number of carbonyl (C=O) groups is 2. The standard InChI is InChI=1S/C18H15BrN4O2S/c19-13-8-6-12(7-9-13)11-21-22-18(20)26-15-10-16(24)23(17(15)25)14-4-2-1-3-5-14/h1-9,11,15H,10H2,(H2,20,22)/b21-11-/t15-/m0/s1. The summed E-state index contributed by atoms with van der Waals surface area (Å²) in [4.78, 5) is 25.9. The van der Waals surface area contributed by atoms with Gasteiger partial charge in [0.05, 0.1) is 11.9 Å². The fraction of sp³-hybridized carbons (Fsp3) is 0.111. The number of benzene rings is 2. The number of rotatable bonds is 4. The Bertz CT molecular complexity index is 869. The van der Waals surface area contributed by atoms with Crippen molar-refractivity contribution in [2.75, 3.05) is 4.90 Å². The van der Waals surface area contributed by atoms with Gasteiger partial charge >= 0.3 is 0 Å². The van der Waals surface area contributed by atoms with Crippen molar-refractivity contribution in [2.24, 2.45) is 15.9 Å². The zero-order valence-corrected chi connectivity index (χ0v) is 16.0. The molecule has 26 heavy (non-hydrogen) atoms. The number of imide groups is 1. The van der Waals surface area contributed by atoms with Crippen LogP contribution in [0.1, 0.15) is 12.0 Å². The Morgan fingerprint density at radius 3 is 2.54 bits per heavy atom. The normalized spacial score (nSPS) is 18.1. The Balaban J connectivity index is 1.64. The highest BCUT2D eigenvalue weighted by Gasteiger charge is 2.40. The first-order valence-corrected chi connectivity index (χ1v) is 9.42. The van der Waals surface area contributed by atoms with Crippen molar-refractivity contribution in [1.82, 2.24) is 0 Å². The largest absolute Gasteiger partial charge is 0.377 e. The molecule has 3 rings (SSSR count). The van der Waals surface area contributed by atoms with Crippen molar-refractivity contribution in [3.05, 3.63) is 64.6 Å². The van der Waals surface area contributed by atoms with E-state index in [1.807, 2.05) is 30.3 Å². The van der Waals surface area contributed by atoms with Crippen LogP contribution in [0.25, 0.3) is 0 Å². The van der Waals surface area contributed by atoms with E-state index in [2.05, 4.69) is 26.1 Å². The van der Waals surface area contributed by atoms with Gasteiger partial charge in [-0.15, -0.1) is 5.10 Å². The van der Waals surface area contributed by atoms with Gasteiger partial charge in [0.15, 0.2) is 5.17 Å². The summed E-state index contributed by atoms with van der Waals surface area (Å²) in [6.45, 7) is 0. The molecule has 0 aromatic heterocycles. The molecule has 1 saturated heterocycles. The van der Waals surface area contributed by atoms with Crippen LogP contribution < -0.4 is 10.6 Å². The van der Waals surface area contributed by atoms with Gasteiger partial charge in [-0.2, -0.15) is 5.10 Å². The molecule has 1 atom stereocenters. The predicted octanol–water partition coefficient (Wildman–Crippen LogP) is 3.16. The minimum atomic E-state index is -0.589. The first-order chi connectivity index (χ1) is 12.5. The molecule has 0 spiro atoms. The molecule has 1 heterocycles. The van der Waals surface area contributed by atoms with E-state index < -0.39 is 5.25 Å². The van der Waals surface area contributed by atoms with Crippen molar-refractivity contribution >= 4 is 56.6 Å². The number of carbonyl (C=O) groups excluding carboxylic acids is 2. The van der Waals surface area contributed by atoms with Gasteiger partial charge in [-0.05, 0) is 29.8 Å². The van der Waals surface area contributed by atoms with Crippen LogP contribution in [0.3, 0.4) is 0 Å². The molecule has 1 fully saturated rings. The van der Waals surface area contributed by atoms with Gasteiger partial charge in [0, 0.05) is 10.9 Å². The number of hydrogen-bond acceptors (Lipinski definition) is 5. The summed E-state index contributed by atoms with van der Waals surface area (Å²) < 4.78 is 0.973. The van der Waals surface area contributed by atoms with Gasteiger partial charge in [0.25, 0.3) is 0 Å². The molecule has 1 aliphatic rings. The highest BCUT2D eigenvalue weighted by molar-refractivity contribution is 9.10. The number of amidine groups is 1. The molecule has 0 saturated carbocycles. The lowest BCUT2D eigenvalue weighted by Gasteiger charge is -2.14. The van der Waals surface area contributed by atoms with Crippen LogP contribution in [0, 0.1) is 0 Å². The molecule has 2 aromatic carbocycles. The van der Waals surface area contributed by atoms with Crippen molar-refractivity contribution < 1.29 is 9.59 Å². The maximum Gasteiger partial charge on any atom is 0.247 e. The fourth-order valence-corrected chi connectivity index (χ4v) is 3.50. The molecule has 0 unspecified atom stereocenters. The van der Waals surface area contributed by atoms with E-state index >= 15 is 0 Å². The molecule has 0 radical (unpaired) electrons. The quantitative estimate of drug-likeness (QED) is 0.349. The van der Waals surface area contributed by atoms with Gasteiger partial charge in [0.2, 0.25) is 11.8 Å². The number of hydrogen-bond donors (Lipinski definition) is 1. The molecule has 0 bridgehead atoms. The SMILES string of the molecule is N/C(=N\N=C/c1ccc(Br)cc1)S[C@H]1CC(=O)N(c2ccccc2)C1=O. The van der Waals surface area contributed by atoms with E-state index in [9.17, 15) is 9.59 Å². The highest BCUT2D eigenvalue weighted by atomic mass is 79.9. The van der Waals surface area contributed by atoms with Crippen LogP contribution >= 0.6 is 27.7 Å². The molecule has 2 amide bonds. The number of halogens is 1. The lowest BCUT2D eigenvalue weighted by molar-refractivity contribution is -0.121. The number of thioether (sulfide) groups is 1. The predicted molar refractivity (Wildman–Crippen MR) is 108 cm³/mol. The van der Waals surface area contributed by atoms with Crippen LogP contribution in [0.4, 0.5) is 5.69 Å². The molecule has 1 aliphatic heterocycles. The average Bonchev–Trinajstić information content (AvgIpc) is 2.91. The van der Waals surface area contributed by atoms with Gasteiger partial charge in [-0.1, -0.05) is 58.0 Å². The number of amides is 2. The maximum absolute atomic E-state index is 12.5. The lowest BCUT2D eigenvalue weighted by Crippen LogP contribution is -2.31. The second-order valence-corrected chi connectivity index (χ2v) is 7.59. The fourth-order valence-electron chi connectivity index (χ4n) is 2.42. The van der Waals surface area contributed by atoms with E-state index in [4.69, 9.17) is 5.73 Å². The van der Waals surface area contributed by atoms with Crippen LogP contribution in [0.2, 0.25) is 0 Å². The second kappa shape index (κ2) is 8.29. The van der Waals surface area contributed by atoms with E-state index in [0.717, 1.165) is 21.8 Å². The summed E-state index contributed by atoms with van der Waals surface area (Å²) in [7, 11) is 0. The van der Waals surface area contributed by atoms with Crippen LogP contribution in [0.15, 0.2) is 69.3 Å². The first kappa shape index (κ1) is 18.3. The topological polar surface area (TPSA) is 88.1 Å². The summed E-state index contributed by atoms with van der Waals surface area (Å²) >= 11 is 4.41. The summed E-state index contributed by atoms with van der Waals surface area (Å²) in [5.74, 6) is -0.536. The van der Waals surface area contributed by atoms with Crippen LogP contribution in [0.5, 0.6) is 0 Å². The minimum Gasteiger partial charge on any atom is -0.377 e. The zero-order valence-electron chi connectivity index (χ0n) is 13.6. The van der Waals surface area contributed by atoms with E-state index in [1.165, 1.54) is 4.90 Å². The number of nitrogens with two attached hydrogens (primary N) is 1. The summed E-state index contributed by atoms with van der Waals surface area (Å²) in [5, 5.41) is 7.37. The van der Waals surface area contributed by atoms with E-state index in [0.29, 0.717) is 5.69 Å². The van der Waals surface area contributed by atoms with Crippen molar-refractivity contribution in [3.8, 4) is 0 Å². The van der Waals surface area contributed by atoms with Crippen molar-refractivity contribution in [3.63, 3.8) is 0 Å². The molecule has 2 N–H and O–H groups in total. The summed E-state index contributed by atoms with van der Waals surface area (Å²) in [6, 6.07) is 16.4. The Morgan fingerprint density at radius 2 is 1.85 bits per heavy atom. The van der Waals surface area contributed by atoms with Crippen molar-refractivity contribution in [1.29, 1.82) is 0 Å². The zero-order chi connectivity index (χ0) is 18.5. The second-order valence-electron chi connectivity index (χ2n) is 5.45. The maximum atomic E-state index is 12.5. The van der Waals surface area contributed by atoms with E-state index in [1.54, 1.807) is 30.5 Å². The van der Waals surface area contributed by atoms with Gasteiger partial charge < -0.3 is 5.73 Å². The van der Waals surface area contributed by atoms with Crippen LogP contribution in [-0.4, -0.2) is 28.4 Å². The molecule has 6 nitrogen and oxygen atoms in total. The van der Waals surface area contributed by atoms with Gasteiger partial charge in [-0.25, -0.2) is 4.90 Å². The van der Waals surface area contributed by atoms with E-state index in [-0.39, 0.29) is 23.4 Å². The summed E-state index contributed by atoms with van der Waals surface area (Å²) in [6.07, 6.45) is 1.66. The van der Waals surface area contributed by atoms with Crippen molar-refractivity contribution in [2.45, 2.75) is 11.7 Å². The molecule has 0 aliphatic carbocycles. The number of anilines is 1. The Labute approximate surface area is 163 Å². The number of nitrogens with zero attached hydrogens (tertiary/aromatic N) is 3. The molecular formula is C18H15BrN4O2S. The third-order valence-corrected chi connectivity index (χ3v) is 5.12. The summed E-state index contributed by atoms with van der Waals surface area (Å²) in [5.41, 5.74) is 7.28. The lowest BCUT2D eigenvalue weighted by atomic mass is 10.2. The Morgan fingerprint density at radius 1 is 1.15 bits per heavy atom. The first-order valence-electron chi connectivity index (χ1n) is 7.75. The Hall–Kier alpha value is -2.45. The molecular weight excluding hydrogens is 416 g/mol. The van der Waals surface area contributed by atoms with Gasteiger partial charge in [0.1, 0.15) is 5.25 Å². The third-order valence-electron chi connectivity index (χ3n) is 3.62. The van der Waals surface area contributed by atoms with Gasteiger partial charge in [-0.3, -0.25) is 9.59 Å². The molecule has 132 valence electrons. The average molecular weight is 431 g/mol. The number of para-hydroxylation sites is 1. The highest BCUT2D eigenvalue weighted by Crippen LogP contribution is 2.29. The van der Waals surface area contributed by atoms with Crippen LogP contribution in [-0.2, 0) is 9.59 Å². The monoisotopic (exact) mass is 430 g/mol. The minimum absolute atomic E-state index is 0.0883. The molecule has 2 aromatic rings. The third kappa shape index (κ3) is 4.39.